The third-order valence-corrected chi connectivity index (χ3v) is 3.96. The van der Waals surface area contributed by atoms with Crippen LogP contribution in [0.3, 0.4) is 0 Å². The van der Waals surface area contributed by atoms with Gasteiger partial charge in [-0.25, -0.2) is 15.8 Å². The molecule has 1 rings (SSSR count). The number of rotatable bonds is 5. The van der Waals surface area contributed by atoms with E-state index in [2.05, 4.69) is 36.2 Å². The number of aryl methyl sites for hydroxylation is 1. The van der Waals surface area contributed by atoms with Crippen molar-refractivity contribution in [3.63, 3.8) is 0 Å². The highest BCUT2D eigenvalue weighted by molar-refractivity contribution is 7.99. The van der Waals surface area contributed by atoms with Crippen molar-refractivity contribution in [3.05, 3.63) is 17.6 Å². The Hall–Kier alpha value is -0.810. The molecule has 1 heterocycles. The fourth-order valence-corrected chi connectivity index (χ4v) is 2.09. The molecular formula is C11H20N4S. The smallest absolute Gasteiger partial charge is 0.143 e. The Morgan fingerprint density at radius 3 is 2.62 bits per heavy atom. The molecule has 0 saturated carbocycles. The van der Waals surface area contributed by atoms with Crippen molar-refractivity contribution in [2.24, 2.45) is 11.8 Å². The second-order valence-electron chi connectivity index (χ2n) is 4.22. The van der Waals surface area contributed by atoms with Gasteiger partial charge in [0.15, 0.2) is 0 Å². The summed E-state index contributed by atoms with van der Waals surface area (Å²) in [6.45, 7) is 8.62. The minimum Gasteiger partial charge on any atom is -0.308 e. The van der Waals surface area contributed by atoms with E-state index in [1.165, 1.54) is 0 Å². The number of hydrogen-bond donors (Lipinski definition) is 2. The largest absolute Gasteiger partial charge is 0.308 e. The summed E-state index contributed by atoms with van der Waals surface area (Å²) < 4.78 is 0. The Bertz CT molecular complexity index is 341. The van der Waals surface area contributed by atoms with Gasteiger partial charge >= 0.3 is 0 Å². The maximum atomic E-state index is 5.34. The number of nitrogens with two attached hydrogens (primary N) is 1. The Kier molecular flexibility index (Phi) is 5.02. The molecule has 0 spiro atoms. The van der Waals surface area contributed by atoms with Crippen molar-refractivity contribution in [3.8, 4) is 0 Å². The molecule has 4 nitrogen and oxygen atoms in total. The number of thioether (sulfide) groups is 1. The zero-order valence-corrected chi connectivity index (χ0v) is 11.1. The van der Waals surface area contributed by atoms with Gasteiger partial charge in [0.05, 0.1) is 5.75 Å². The van der Waals surface area contributed by atoms with Crippen molar-refractivity contribution in [2.75, 3.05) is 5.43 Å². The molecule has 0 aliphatic heterocycles. The quantitative estimate of drug-likeness (QED) is 0.611. The van der Waals surface area contributed by atoms with Crippen LogP contribution in [0, 0.1) is 12.8 Å². The molecular weight excluding hydrogens is 220 g/mol. The third kappa shape index (κ3) is 3.98. The minimum absolute atomic E-state index is 0.610. The molecule has 0 amide bonds. The average molecular weight is 240 g/mol. The number of anilines is 1. The molecule has 0 fully saturated rings. The van der Waals surface area contributed by atoms with Crippen LogP contribution in [0.15, 0.2) is 6.07 Å². The molecule has 3 N–H and O–H groups in total. The molecule has 5 heteroatoms. The second kappa shape index (κ2) is 6.06. The van der Waals surface area contributed by atoms with Crippen molar-refractivity contribution in [2.45, 2.75) is 38.7 Å². The van der Waals surface area contributed by atoms with E-state index in [1.807, 2.05) is 24.8 Å². The second-order valence-corrected chi connectivity index (χ2v) is 5.58. The lowest BCUT2D eigenvalue weighted by Gasteiger charge is -2.14. The standard InChI is InChI=1S/C11H20N4S/c1-7(2)9(4)16-6-11-13-8(3)5-10(14-11)15-12/h5,7,9H,6,12H2,1-4H3,(H,13,14,15). The molecule has 0 saturated heterocycles. The van der Waals surface area contributed by atoms with Crippen LogP contribution in [-0.4, -0.2) is 15.2 Å². The number of aromatic nitrogens is 2. The molecule has 90 valence electrons. The van der Waals surface area contributed by atoms with E-state index in [1.54, 1.807) is 0 Å². The van der Waals surface area contributed by atoms with E-state index in [0.717, 1.165) is 17.3 Å². The summed E-state index contributed by atoms with van der Waals surface area (Å²) in [6, 6.07) is 1.83. The van der Waals surface area contributed by atoms with Gasteiger partial charge in [0.2, 0.25) is 0 Å². The van der Waals surface area contributed by atoms with Gasteiger partial charge in [0.1, 0.15) is 11.6 Å². The lowest BCUT2D eigenvalue weighted by molar-refractivity contribution is 0.642. The monoisotopic (exact) mass is 240 g/mol. The van der Waals surface area contributed by atoms with Crippen LogP contribution in [0.25, 0.3) is 0 Å². The number of nitrogens with zero attached hydrogens (tertiary/aromatic N) is 2. The van der Waals surface area contributed by atoms with E-state index < -0.39 is 0 Å². The summed E-state index contributed by atoms with van der Waals surface area (Å²) in [5.41, 5.74) is 3.50. The van der Waals surface area contributed by atoms with Gasteiger partial charge in [-0.2, -0.15) is 11.8 Å². The Labute approximate surface area is 101 Å². The van der Waals surface area contributed by atoms with Crippen molar-refractivity contribution in [1.29, 1.82) is 0 Å². The van der Waals surface area contributed by atoms with Crippen LogP contribution in [0.4, 0.5) is 5.82 Å². The van der Waals surface area contributed by atoms with Crippen LogP contribution in [0.1, 0.15) is 32.3 Å². The van der Waals surface area contributed by atoms with Gasteiger partial charge in [-0.1, -0.05) is 20.8 Å². The maximum absolute atomic E-state index is 5.34. The number of hydrazine groups is 1. The Morgan fingerprint density at radius 1 is 1.38 bits per heavy atom. The fraction of sp³-hybridized carbons (Fsp3) is 0.636. The molecule has 1 aromatic rings. The first-order valence-corrected chi connectivity index (χ1v) is 6.50. The molecule has 16 heavy (non-hydrogen) atoms. The summed E-state index contributed by atoms with van der Waals surface area (Å²) in [6.07, 6.45) is 0. The Morgan fingerprint density at radius 2 is 2.06 bits per heavy atom. The fourth-order valence-electron chi connectivity index (χ4n) is 1.17. The van der Waals surface area contributed by atoms with Crippen LogP contribution in [0.2, 0.25) is 0 Å². The van der Waals surface area contributed by atoms with Gasteiger partial charge in [0.25, 0.3) is 0 Å². The lowest BCUT2D eigenvalue weighted by atomic mass is 10.2. The van der Waals surface area contributed by atoms with Crippen LogP contribution in [0.5, 0.6) is 0 Å². The highest BCUT2D eigenvalue weighted by Gasteiger charge is 2.09. The number of nitrogen functional groups attached to an aromatic ring is 1. The zero-order chi connectivity index (χ0) is 12.1. The number of nitrogens with one attached hydrogen (secondary N) is 1. The van der Waals surface area contributed by atoms with Crippen LogP contribution in [-0.2, 0) is 5.75 Å². The SMILES string of the molecule is Cc1cc(NN)nc(CSC(C)C(C)C)n1. The molecule has 1 aromatic heterocycles. The lowest BCUT2D eigenvalue weighted by Crippen LogP contribution is -2.11. The van der Waals surface area contributed by atoms with E-state index in [4.69, 9.17) is 5.84 Å². The van der Waals surface area contributed by atoms with E-state index in [9.17, 15) is 0 Å². The normalized spacial score (nSPS) is 12.9. The summed E-state index contributed by atoms with van der Waals surface area (Å²) in [5, 5.41) is 0.610. The minimum atomic E-state index is 0.610. The predicted molar refractivity (Wildman–Crippen MR) is 70.2 cm³/mol. The first-order valence-electron chi connectivity index (χ1n) is 5.45. The van der Waals surface area contributed by atoms with E-state index >= 15 is 0 Å². The third-order valence-electron chi connectivity index (χ3n) is 2.46. The summed E-state index contributed by atoms with van der Waals surface area (Å²) in [4.78, 5) is 8.70. The van der Waals surface area contributed by atoms with Crippen LogP contribution < -0.4 is 11.3 Å². The molecule has 0 aliphatic rings. The molecule has 0 radical (unpaired) electrons. The molecule has 1 unspecified atom stereocenters. The van der Waals surface area contributed by atoms with Gasteiger partial charge in [0, 0.05) is 17.0 Å². The summed E-state index contributed by atoms with van der Waals surface area (Å²) in [5.74, 6) is 8.36. The predicted octanol–water partition coefficient (Wildman–Crippen LogP) is 2.35. The topological polar surface area (TPSA) is 63.8 Å². The van der Waals surface area contributed by atoms with Gasteiger partial charge in [-0.15, -0.1) is 0 Å². The van der Waals surface area contributed by atoms with Gasteiger partial charge in [-0.05, 0) is 12.8 Å². The highest BCUT2D eigenvalue weighted by atomic mass is 32.2. The molecule has 0 bridgehead atoms. The summed E-state index contributed by atoms with van der Waals surface area (Å²) >= 11 is 1.87. The first kappa shape index (κ1) is 13.3. The average Bonchev–Trinajstić information content (AvgIpc) is 2.24. The van der Waals surface area contributed by atoms with E-state index in [0.29, 0.717) is 17.0 Å². The summed E-state index contributed by atoms with van der Waals surface area (Å²) in [7, 11) is 0. The zero-order valence-electron chi connectivity index (χ0n) is 10.3. The molecule has 0 aliphatic carbocycles. The maximum Gasteiger partial charge on any atom is 0.143 e. The van der Waals surface area contributed by atoms with Gasteiger partial charge in [-0.3, -0.25) is 0 Å². The number of hydrogen-bond acceptors (Lipinski definition) is 5. The van der Waals surface area contributed by atoms with Crippen molar-refractivity contribution >= 4 is 17.6 Å². The van der Waals surface area contributed by atoms with E-state index in [-0.39, 0.29) is 0 Å². The first-order chi connectivity index (χ1) is 7.52. The highest BCUT2D eigenvalue weighted by Crippen LogP contribution is 2.22. The van der Waals surface area contributed by atoms with Gasteiger partial charge < -0.3 is 5.43 Å². The van der Waals surface area contributed by atoms with Crippen molar-refractivity contribution < 1.29 is 0 Å². The molecule has 0 aromatic carbocycles. The van der Waals surface area contributed by atoms with Crippen LogP contribution >= 0.6 is 11.8 Å². The molecule has 1 atom stereocenters. The Balaban J connectivity index is 2.63. The van der Waals surface area contributed by atoms with Crippen molar-refractivity contribution in [1.82, 2.24) is 9.97 Å².